The summed E-state index contributed by atoms with van der Waals surface area (Å²) in [5.74, 6) is 0.0487. The molecule has 0 saturated carbocycles. The second kappa shape index (κ2) is 5.88. The molecule has 1 aliphatic rings. The number of hydrogen-bond donors (Lipinski definition) is 0. The van der Waals surface area contributed by atoms with Crippen molar-refractivity contribution in [3.63, 3.8) is 0 Å². The third kappa shape index (κ3) is 2.74. The summed E-state index contributed by atoms with van der Waals surface area (Å²) in [6.07, 6.45) is 5.26. The van der Waals surface area contributed by atoms with Gasteiger partial charge in [-0.2, -0.15) is 5.10 Å². The number of amides is 1. The number of rotatable bonds is 2. The van der Waals surface area contributed by atoms with Crippen LogP contribution in [0.5, 0.6) is 0 Å². The summed E-state index contributed by atoms with van der Waals surface area (Å²) in [6, 6.07) is 3.99. The van der Waals surface area contributed by atoms with Gasteiger partial charge in [-0.3, -0.25) is 14.5 Å². The number of likely N-dealkylation sites (N-methyl/N-ethyl adjacent to an activating group) is 1. The van der Waals surface area contributed by atoms with Gasteiger partial charge in [-0.25, -0.2) is 0 Å². The average molecular weight is 299 g/mol. The molecule has 0 radical (unpaired) electrons. The molecule has 1 saturated heterocycles. The van der Waals surface area contributed by atoms with E-state index < -0.39 is 0 Å². The first-order valence-electron chi connectivity index (χ1n) is 7.50. The van der Waals surface area contributed by atoms with Crippen molar-refractivity contribution in [2.75, 3.05) is 26.7 Å². The number of aromatic nitrogens is 3. The molecule has 0 spiro atoms. The largest absolute Gasteiger partial charge is 0.333 e. The highest BCUT2D eigenvalue weighted by molar-refractivity contribution is 6.00. The minimum Gasteiger partial charge on any atom is -0.333 e. The maximum atomic E-state index is 13.0. The van der Waals surface area contributed by atoms with E-state index in [4.69, 9.17) is 0 Å². The van der Waals surface area contributed by atoms with Crippen molar-refractivity contribution in [1.82, 2.24) is 24.6 Å². The molecule has 116 valence electrons. The van der Waals surface area contributed by atoms with Gasteiger partial charge in [0.1, 0.15) is 5.69 Å². The van der Waals surface area contributed by atoms with E-state index in [0.29, 0.717) is 11.3 Å². The summed E-state index contributed by atoms with van der Waals surface area (Å²) in [5, 5.41) is 4.46. The molecule has 2 aromatic rings. The summed E-state index contributed by atoms with van der Waals surface area (Å²) in [5.41, 5.74) is 2.21. The summed E-state index contributed by atoms with van der Waals surface area (Å²) in [4.78, 5) is 21.3. The zero-order valence-corrected chi connectivity index (χ0v) is 13.2. The maximum absolute atomic E-state index is 13.0. The zero-order chi connectivity index (χ0) is 15.7. The molecule has 2 aromatic heterocycles. The second-order valence-corrected chi connectivity index (χ2v) is 5.92. The van der Waals surface area contributed by atoms with Crippen LogP contribution in [-0.2, 0) is 7.05 Å². The van der Waals surface area contributed by atoms with Crippen LogP contribution in [0.2, 0.25) is 0 Å². The molecule has 0 N–H and O–H groups in total. The molecule has 1 fully saturated rings. The fourth-order valence-electron chi connectivity index (χ4n) is 2.96. The second-order valence-electron chi connectivity index (χ2n) is 5.92. The normalized spacial score (nSPS) is 19.4. The first kappa shape index (κ1) is 14.7. The molecule has 0 aromatic carbocycles. The summed E-state index contributed by atoms with van der Waals surface area (Å²) < 4.78 is 1.69. The highest BCUT2D eigenvalue weighted by atomic mass is 16.2. The van der Waals surface area contributed by atoms with Crippen molar-refractivity contribution >= 4 is 5.91 Å². The van der Waals surface area contributed by atoms with Gasteiger partial charge in [-0.15, -0.1) is 0 Å². The molecule has 22 heavy (non-hydrogen) atoms. The third-order valence-electron chi connectivity index (χ3n) is 4.09. The Labute approximate surface area is 130 Å². The highest BCUT2D eigenvalue weighted by Crippen LogP contribution is 2.23. The number of nitrogens with zero attached hydrogens (tertiary/aromatic N) is 5. The molecular weight excluding hydrogens is 278 g/mol. The van der Waals surface area contributed by atoms with E-state index in [-0.39, 0.29) is 11.9 Å². The molecule has 0 bridgehead atoms. The van der Waals surface area contributed by atoms with E-state index in [2.05, 4.69) is 29.0 Å². The molecule has 1 amide bonds. The monoisotopic (exact) mass is 299 g/mol. The van der Waals surface area contributed by atoms with Crippen molar-refractivity contribution in [2.24, 2.45) is 7.05 Å². The van der Waals surface area contributed by atoms with Crippen LogP contribution in [0.1, 0.15) is 17.3 Å². The number of carbonyl (C=O) groups is 1. The standard InChI is InChI=1S/C16H21N5O/c1-12-10-19(2)7-8-21(12)16(22)14-11-20(3)18-15(14)13-5-4-6-17-9-13/h4-6,9,11-12H,7-8,10H2,1-3H3/t12-/m0/s1. The van der Waals surface area contributed by atoms with Crippen LogP contribution in [0.25, 0.3) is 11.3 Å². The average Bonchev–Trinajstić information content (AvgIpc) is 2.89. The molecule has 1 atom stereocenters. The van der Waals surface area contributed by atoms with Crippen molar-refractivity contribution < 1.29 is 4.79 Å². The highest BCUT2D eigenvalue weighted by Gasteiger charge is 2.29. The summed E-state index contributed by atoms with van der Waals surface area (Å²) in [7, 11) is 3.92. The van der Waals surface area contributed by atoms with E-state index in [1.165, 1.54) is 0 Å². The minimum absolute atomic E-state index is 0.0487. The maximum Gasteiger partial charge on any atom is 0.258 e. The van der Waals surface area contributed by atoms with Crippen molar-refractivity contribution in [2.45, 2.75) is 13.0 Å². The number of hydrogen-bond acceptors (Lipinski definition) is 4. The summed E-state index contributed by atoms with van der Waals surface area (Å²) in [6.45, 7) is 4.64. The van der Waals surface area contributed by atoms with Gasteiger partial charge in [0.25, 0.3) is 5.91 Å². The smallest absolute Gasteiger partial charge is 0.258 e. The zero-order valence-electron chi connectivity index (χ0n) is 13.2. The van der Waals surface area contributed by atoms with Gasteiger partial charge in [-0.05, 0) is 26.1 Å². The van der Waals surface area contributed by atoms with Crippen molar-refractivity contribution in [3.8, 4) is 11.3 Å². The third-order valence-corrected chi connectivity index (χ3v) is 4.09. The lowest BCUT2D eigenvalue weighted by molar-refractivity contribution is 0.0534. The van der Waals surface area contributed by atoms with Gasteiger partial charge in [0.2, 0.25) is 0 Å². The minimum atomic E-state index is 0.0487. The van der Waals surface area contributed by atoms with E-state index in [1.807, 2.05) is 24.1 Å². The van der Waals surface area contributed by atoms with Crippen LogP contribution >= 0.6 is 0 Å². The lowest BCUT2D eigenvalue weighted by Gasteiger charge is -2.38. The van der Waals surface area contributed by atoms with Gasteiger partial charge < -0.3 is 9.80 Å². The number of carbonyl (C=O) groups excluding carboxylic acids is 1. The van der Waals surface area contributed by atoms with E-state index in [0.717, 1.165) is 25.2 Å². The molecule has 3 heterocycles. The first-order valence-corrected chi connectivity index (χ1v) is 7.50. The Kier molecular flexibility index (Phi) is 3.94. The van der Waals surface area contributed by atoms with Crippen LogP contribution in [0.4, 0.5) is 0 Å². The molecular formula is C16H21N5O. The Morgan fingerprint density at radius 3 is 2.82 bits per heavy atom. The van der Waals surface area contributed by atoms with Crippen LogP contribution in [0, 0.1) is 0 Å². The lowest BCUT2D eigenvalue weighted by atomic mass is 10.1. The molecule has 0 aliphatic carbocycles. The van der Waals surface area contributed by atoms with E-state index in [9.17, 15) is 4.79 Å². The van der Waals surface area contributed by atoms with Crippen LogP contribution in [0.3, 0.4) is 0 Å². The van der Waals surface area contributed by atoms with Gasteiger partial charge in [0.05, 0.1) is 5.56 Å². The quantitative estimate of drug-likeness (QED) is 0.838. The summed E-state index contributed by atoms with van der Waals surface area (Å²) >= 11 is 0. The molecule has 6 nitrogen and oxygen atoms in total. The SMILES string of the molecule is C[C@H]1CN(C)CCN1C(=O)c1cn(C)nc1-c1cccnc1. The van der Waals surface area contributed by atoms with Gasteiger partial charge in [0.15, 0.2) is 0 Å². The van der Waals surface area contributed by atoms with Gasteiger partial charge >= 0.3 is 0 Å². The van der Waals surface area contributed by atoms with Crippen molar-refractivity contribution in [1.29, 1.82) is 0 Å². The van der Waals surface area contributed by atoms with E-state index in [1.54, 1.807) is 23.3 Å². The molecule has 3 rings (SSSR count). The van der Waals surface area contributed by atoms with Gasteiger partial charge in [-0.1, -0.05) is 0 Å². The van der Waals surface area contributed by atoms with Crippen LogP contribution in [-0.4, -0.2) is 63.2 Å². The number of aryl methyl sites for hydroxylation is 1. The number of pyridine rings is 1. The Morgan fingerprint density at radius 1 is 1.32 bits per heavy atom. The first-order chi connectivity index (χ1) is 10.6. The predicted octanol–water partition coefficient (Wildman–Crippen LogP) is 1.26. The fourth-order valence-corrected chi connectivity index (χ4v) is 2.96. The lowest BCUT2D eigenvalue weighted by Crippen LogP contribution is -2.52. The van der Waals surface area contributed by atoms with Crippen LogP contribution < -0.4 is 0 Å². The van der Waals surface area contributed by atoms with Crippen LogP contribution in [0.15, 0.2) is 30.7 Å². The van der Waals surface area contributed by atoms with Crippen molar-refractivity contribution in [3.05, 3.63) is 36.3 Å². The van der Waals surface area contributed by atoms with Gasteiger partial charge in [0, 0.05) is 56.9 Å². The number of piperazine rings is 1. The molecule has 6 heteroatoms. The Bertz CT molecular complexity index is 666. The topological polar surface area (TPSA) is 54.3 Å². The molecule has 0 unspecified atom stereocenters. The Balaban J connectivity index is 1.93. The van der Waals surface area contributed by atoms with E-state index >= 15 is 0 Å². The fraction of sp³-hybridized carbons (Fsp3) is 0.438. The predicted molar refractivity (Wildman–Crippen MR) is 84.4 cm³/mol. The molecule has 1 aliphatic heterocycles. The Hall–Kier alpha value is -2.21. The Morgan fingerprint density at radius 2 is 2.14 bits per heavy atom.